The molecule has 5 heteroatoms. The van der Waals surface area contributed by atoms with Crippen molar-refractivity contribution in [2.24, 2.45) is 0 Å². The molecule has 2 nitrogen and oxygen atoms in total. The number of hydrogen-bond donors (Lipinski definition) is 1. The molecule has 2 aliphatic heterocycles. The summed E-state index contributed by atoms with van der Waals surface area (Å²) in [7, 11) is 0. The van der Waals surface area contributed by atoms with Gasteiger partial charge in [-0.3, -0.25) is 4.90 Å². The lowest BCUT2D eigenvalue weighted by molar-refractivity contribution is -0.166. The van der Waals surface area contributed by atoms with Crippen LogP contribution in [0.3, 0.4) is 0 Å². The van der Waals surface area contributed by atoms with E-state index in [0.29, 0.717) is 6.04 Å². The molecule has 2 atom stereocenters. The predicted molar refractivity (Wildman–Crippen MR) is 65.5 cm³/mol. The van der Waals surface area contributed by atoms with Crippen LogP contribution in [0.1, 0.15) is 45.4 Å². The summed E-state index contributed by atoms with van der Waals surface area (Å²) < 4.78 is 37.8. The third-order valence-corrected chi connectivity index (χ3v) is 4.17. The number of halogens is 3. The lowest BCUT2D eigenvalue weighted by Gasteiger charge is -2.49. The van der Waals surface area contributed by atoms with Crippen LogP contribution in [0.4, 0.5) is 13.2 Å². The normalized spacial score (nSPS) is 33.7. The molecule has 0 aromatic carbocycles. The Balaban J connectivity index is 1.95. The molecule has 0 amide bonds. The van der Waals surface area contributed by atoms with E-state index < -0.39 is 12.7 Å². The Bertz CT molecular complexity index is 253. The van der Waals surface area contributed by atoms with Gasteiger partial charge in [-0.25, -0.2) is 0 Å². The molecule has 2 rings (SSSR count). The largest absolute Gasteiger partial charge is 0.401 e. The highest BCUT2D eigenvalue weighted by Gasteiger charge is 2.43. The first kappa shape index (κ1) is 14.1. The zero-order valence-corrected chi connectivity index (χ0v) is 11.0. The smallest absolute Gasteiger partial charge is 0.314 e. The molecule has 1 N–H and O–H groups in total. The van der Waals surface area contributed by atoms with Crippen molar-refractivity contribution in [2.45, 2.75) is 69.8 Å². The van der Waals surface area contributed by atoms with Crippen LogP contribution in [0.25, 0.3) is 0 Å². The Morgan fingerprint density at radius 2 is 1.78 bits per heavy atom. The van der Waals surface area contributed by atoms with Gasteiger partial charge in [-0.05, 0) is 38.6 Å². The zero-order chi connectivity index (χ0) is 13.2. The number of hydrogen-bond acceptors (Lipinski definition) is 2. The van der Waals surface area contributed by atoms with Crippen LogP contribution in [0.5, 0.6) is 0 Å². The zero-order valence-electron chi connectivity index (χ0n) is 11.0. The summed E-state index contributed by atoms with van der Waals surface area (Å²) in [4.78, 5) is 1.72. The molecule has 0 spiro atoms. The van der Waals surface area contributed by atoms with Gasteiger partial charge in [0.15, 0.2) is 0 Å². The Morgan fingerprint density at radius 1 is 1.17 bits per heavy atom. The number of rotatable bonds is 4. The molecule has 0 aliphatic carbocycles. The number of nitrogens with zero attached hydrogens (tertiary/aromatic N) is 1. The van der Waals surface area contributed by atoms with Crippen LogP contribution in [0, 0.1) is 0 Å². The van der Waals surface area contributed by atoms with Crippen LogP contribution in [-0.2, 0) is 0 Å². The molecule has 106 valence electrons. The van der Waals surface area contributed by atoms with Gasteiger partial charge in [0.1, 0.15) is 0 Å². The van der Waals surface area contributed by atoms with Crippen molar-refractivity contribution >= 4 is 0 Å². The summed E-state index contributed by atoms with van der Waals surface area (Å²) in [5.74, 6) is 0. The van der Waals surface area contributed by atoms with Gasteiger partial charge in [-0.15, -0.1) is 0 Å². The van der Waals surface area contributed by atoms with Crippen LogP contribution in [-0.4, -0.2) is 42.3 Å². The molecule has 2 heterocycles. The van der Waals surface area contributed by atoms with Crippen molar-refractivity contribution in [3.05, 3.63) is 0 Å². The summed E-state index contributed by atoms with van der Waals surface area (Å²) in [6, 6.07) is 0.687. The fraction of sp³-hybridized carbons (Fsp3) is 1.00. The molecule has 2 fully saturated rings. The highest BCUT2D eigenvalue weighted by atomic mass is 19.4. The maximum Gasteiger partial charge on any atom is 0.401 e. The Labute approximate surface area is 107 Å². The topological polar surface area (TPSA) is 15.3 Å². The maximum absolute atomic E-state index is 12.6. The Hall–Kier alpha value is -0.290. The van der Waals surface area contributed by atoms with Gasteiger partial charge < -0.3 is 5.32 Å². The molecular formula is C13H23F3N2. The number of fused-ring (bicyclic) bond motifs is 2. The van der Waals surface area contributed by atoms with E-state index in [0.717, 1.165) is 45.1 Å². The average molecular weight is 264 g/mol. The van der Waals surface area contributed by atoms with E-state index in [1.165, 1.54) is 0 Å². The molecule has 0 saturated carbocycles. The van der Waals surface area contributed by atoms with E-state index >= 15 is 0 Å². The van der Waals surface area contributed by atoms with Crippen molar-refractivity contribution < 1.29 is 13.2 Å². The quantitative estimate of drug-likeness (QED) is 0.840. The fourth-order valence-electron chi connectivity index (χ4n) is 3.46. The van der Waals surface area contributed by atoms with Crippen LogP contribution in [0.2, 0.25) is 0 Å². The standard InChI is InChI=1S/C13H23F3N2/c1-2-6-17-10-7-11-4-3-5-12(8-10)18(11)9-13(14,15)16/h10-12,17H,2-9H2,1H3. The van der Waals surface area contributed by atoms with Crippen molar-refractivity contribution in [3.8, 4) is 0 Å². The summed E-state index contributed by atoms with van der Waals surface area (Å²) in [6.07, 6.45) is 1.73. The van der Waals surface area contributed by atoms with E-state index in [-0.39, 0.29) is 12.1 Å². The second kappa shape index (κ2) is 5.78. The molecule has 2 unspecified atom stereocenters. The monoisotopic (exact) mass is 264 g/mol. The van der Waals surface area contributed by atoms with Gasteiger partial charge >= 0.3 is 6.18 Å². The molecule has 18 heavy (non-hydrogen) atoms. The van der Waals surface area contributed by atoms with Gasteiger partial charge in [0.25, 0.3) is 0 Å². The van der Waals surface area contributed by atoms with Crippen LogP contribution < -0.4 is 5.32 Å². The minimum Gasteiger partial charge on any atom is -0.314 e. The van der Waals surface area contributed by atoms with Gasteiger partial charge in [0.2, 0.25) is 0 Å². The van der Waals surface area contributed by atoms with E-state index in [9.17, 15) is 13.2 Å². The number of piperidine rings is 2. The minimum absolute atomic E-state index is 0.133. The van der Waals surface area contributed by atoms with Crippen molar-refractivity contribution in [3.63, 3.8) is 0 Å². The third kappa shape index (κ3) is 3.60. The van der Waals surface area contributed by atoms with E-state index in [1.807, 2.05) is 0 Å². The first-order valence-electron chi connectivity index (χ1n) is 7.05. The van der Waals surface area contributed by atoms with E-state index in [1.54, 1.807) is 4.90 Å². The molecule has 2 saturated heterocycles. The molecule has 2 aliphatic rings. The summed E-state index contributed by atoms with van der Waals surface area (Å²) in [5, 5.41) is 3.48. The van der Waals surface area contributed by atoms with E-state index in [4.69, 9.17) is 0 Å². The first-order chi connectivity index (χ1) is 8.49. The molecule has 2 bridgehead atoms. The summed E-state index contributed by atoms with van der Waals surface area (Å²) in [5.41, 5.74) is 0. The lowest BCUT2D eigenvalue weighted by atomic mass is 9.81. The number of nitrogens with one attached hydrogen (secondary N) is 1. The number of alkyl halides is 3. The molecule has 0 radical (unpaired) electrons. The van der Waals surface area contributed by atoms with Crippen LogP contribution >= 0.6 is 0 Å². The highest BCUT2D eigenvalue weighted by molar-refractivity contribution is 4.95. The first-order valence-corrected chi connectivity index (χ1v) is 7.05. The van der Waals surface area contributed by atoms with Gasteiger partial charge in [0, 0.05) is 18.1 Å². The highest BCUT2D eigenvalue weighted by Crippen LogP contribution is 2.36. The maximum atomic E-state index is 12.6. The van der Waals surface area contributed by atoms with Gasteiger partial charge in [-0.2, -0.15) is 13.2 Å². The van der Waals surface area contributed by atoms with Crippen LogP contribution in [0.15, 0.2) is 0 Å². The van der Waals surface area contributed by atoms with Crippen molar-refractivity contribution in [2.75, 3.05) is 13.1 Å². The predicted octanol–water partition coefficient (Wildman–Crippen LogP) is 2.93. The summed E-state index contributed by atoms with van der Waals surface area (Å²) >= 11 is 0. The van der Waals surface area contributed by atoms with Crippen molar-refractivity contribution in [1.82, 2.24) is 10.2 Å². The van der Waals surface area contributed by atoms with Crippen molar-refractivity contribution in [1.29, 1.82) is 0 Å². The SMILES string of the molecule is CCCNC1CC2CCCC(C1)N2CC(F)(F)F. The lowest BCUT2D eigenvalue weighted by Crippen LogP contribution is -2.58. The van der Waals surface area contributed by atoms with Gasteiger partial charge in [0.05, 0.1) is 6.54 Å². The molecule has 0 aromatic rings. The fourth-order valence-corrected chi connectivity index (χ4v) is 3.46. The second-order valence-corrected chi connectivity index (χ2v) is 5.65. The third-order valence-electron chi connectivity index (χ3n) is 4.17. The Kier molecular flexibility index (Phi) is 4.54. The molecule has 0 aromatic heterocycles. The molecular weight excluding hydrogens is 241 g/mol. The van der Waals surface area contributed by atoms with Gasteiger partial charge in [-0.1, -0.05) is 13.3 Å². The average Bonchev–Trinajstić information content (AvgIpc) is 2.24. The summed E-state index contributed by atoms with van der Waals surface area (Å²) in [6.45, 7) is 2.37. The van der Waals surface area contributed by atoms with E-state index in [2.05, 4.69) is 12.2 Å². The second-order valence-electron chi connectivity index (χ2n) is 5.65. The Morgan fingerprint density at radius 3 is 2.28 bits per heavy atom. The minimum atomic E-state index is -4.06.